The van der Waals surface area contributed by atoms with Crippen molar-refractivity contribution in [3.8, 4) is 0 Å². The van der Waals surface area contributed by atoms with Crippen molar-refractivity contribution in [2.24, 2.45) is 11.7 Å². The number of hydrogen-bond donors (Lipinski definition) is 2. The Balaban J connectivity index is 1.88. The van der Waals surface area contributed by atoms with E-state index >= 15 is 0 Å². The van der Waals surface area contributed by atoms with Gasteiger partial charge in [-0.25, -0.2) is 5.48 Å². The van der Waals surface area contributed by atoms with Crippen molar-refractivity contribution in [1.29, 1.82) is 0 Å². The highest BCUT2D eigenvalue weighted by Crippen LogP contribution is 2.09. The molecule has 0 aliphatic carbocycles. The highest BCUT2D eigenvalue weighted by molar-refractivity contribution is 5.99. The third-order valence-corrected chi connectivity index (χ3v) is 3.20. The van der Waals surface area contributed by atoms with E-state index in [1.54, 1.807) is 0 Å². The predicted molar refractivity (Wildman–Crippen MR) is 82.2 cm³/mol. The first-order valence-electron chi connectivity index (χ1n) is 6.95. The molecule has 0 saturated carbocycles. The van der Waals surface area contributed by atoms with Crippen LogP contribution in [-0.2, 0) is 27.5 Å². The molecule has 114 valence electrons. The second-order valence-electron chi connectivity index (χ2n) is 4.89. The van der Waals surface area contributed by atoms with Gasteiger partial charge in [0, 0.05) is 0 Å². The molecular formula is C17H18N2O3. The molecule has 3 N–H and O–H groups in total. The Morgan fingerprint density at radius 1 is 0.955 bits per heavy atom. The van der Waals surface area contributed by atoms with Gasteiger partial charge in [0.05, 0.1) is 6.61 Å². The van der Waals surface area contributed by atoms with Crippen LogP contribution in [0.25, 0.3) is 0 Å². The first-order chi connectivity index (χ1) is 10.7. The molecule has 0 fully saturated rings. The van der Waals surface area contributed by atoms with Crippen LogP contribution < -0.4 is 11.2 Å². The molecule has 22 heavy (non-hydrogen) atoms. The van der Waals surface area contributed by atoms with E-state index in [0.29, 0.717) is 0 Å². The Morgan fingerprint density at radius 2 is 1.50 bits per heavy atom. The average molecular weight is 298 g/mol. The minimum atomic E-state index is -0.960. The number of carbonyl (C=O) groups excluding carboxylic acids is 2. The lowest BCUT2D eigenvalue weighted by molar-refractivity contribution is -0.143. The molecule has 2 amide bonds. The number of carbonyl (C=O) groups is 2. The van der Waals surface area contributed by atoms with Crippen molar-refractivity contribution >= 4 is 11.8 Å². The monoisotopic (exact) mass is 298 g/mol. The van der Waals surface area contributed by atoms with Crippen LogP contribution in [0.2, 0.25) is 0 Å². The lowest BCUT2D eigenvalue weighted by Gasteiger charge is -2.13. The molecule has 0 spiro atoms. The molecule has 2 aromatic carbocycles. The van der Waals surface area contributed by atoms with E-state index in [0.717, 1.165) is 11.1 Å². The lowest BCUT2D eigenvalue weighted by atomic mass is 9.98. The van der Waals surface area contributed by atoms with Crippen LogP contribution in [0, 0.1) is 5.92 Å². The van der Waals surface area contributed by atoms with Crippen LogP contribution in [0.5, 0.6) is 0 Å². The minimum Gasteiger partial charge on any atom is -0.369 e. The molecule has 5 nitrogen and oxygen atoms in total. The summed E-state index contributed by atoms with van der Waals surface area (Å²) in [6.07, 6.45) is 0.247. The van der Waals surface area contributed by atoms with Crippen molar-refractivity contribution in [3.05, 3.63) is 71.8 Å². The van der Waals surface area contributed by atoms with Crippen molar-refractivity contribution in [1.82, 2.24) is 5.48 Å². The van der Waals surface area contributed by atoms with E-state index in [9.17, 15) is 9.59 Å². The molecule has 5 heteroatoms. The zero-order valence-electron chi connectivity index (χ0n) is 12.1. The van der Waals surface area contributed by atoms with E-state index in [1.807, 2.05) is 60.7 Å². The van der Waals surface area contributed by atoms with E-state index in [4.69, 9.17) is 10.6 Å². The summed E-state index contributed by atoms with van der Waals surface area (Å²) in [4.78, 5) is 28.7. The van der Waals surface area contributed by atoms with Gasteiger partial charge < -0.3 is 5.73 Å². The van der Waals surface area contributed by atoms with Crippen molar-refractivity contribution in [3.63, 3.8) is 0 Å². The molecule has 0 radical (unpaired) electrons. The van der Waals surface area contributed by atoms with Gasteiger partial charge in [-0.2, -0.15) is 0 Å². The summed E-state index contributed by atoms with van der Waals surface area (Å²) >= 11 is 0. The smallest absolute Gasteiger partial charge is 0.256 e. The van der Waals surface area contributed by atoms with Gasteiger partial charge in [-0.05, 0) is 17.5 Å². The molecule has 1 atom stereocenters. The minimum absolute atomic E-state index is 0.226. The number of benzene rings is 2. The van der Waals surface area contributed by atoms with E-state index in [-0.39, 0.29) is 13.0 Å². The Labute approximate surface area is 129 Å². The Hall–Kier alpha value is -2.66. The molecular weight excluding hydrogens is 280 g/mol. The second kappa shape index (κ2) is 7.95. The molecule has 0 heterocycles. The summed E-state index contributed by atoms with van der Waals surface area (Å²) in [5.74, 6) is -2.17. The average Bonchev–Trinajstić information content (AvgIpc) is 2.54. The largest absolute Gasteiger partial charge is 0.369 e. The molecule has 2 rings (SSSR count). The normalized spacial score (nSPS) is 11.6. The summed E-state index contributed by atoms with van der Waals surface area (Å²) in [5.41, 5.74) is 9.39. The quantitative estimate of drug-likeness (QED) is 0.601. The molecule has 0 bridgehead atoms. The number of hydrogen-bond acceptors (Lipinski definition) is 3. The van der Waals surface area contributed by atoms with Gasteiger partial charge in [-0.3, -0.25) is 14.4 Å². The van der Waals surface area contributed by atoms with E-state index < -0.39 is 17.7 Å². The Bertz CT molecular complexity index is 614. The molecule has 0 aromatic heterocycles. The summed E-state index contributed by atoms with van der Waals surface area (Å²) in [6.45, 7) is 0.226. The Kier molecular flexibility index (Phi) is 5.68. The van der Waals surface area contributed by atoms with Crippen LogP contribution in [0.1, 0.15) is 11.1 Å². The van der Waals surface area contributed by atoms with Crippen LogP contribution in [0.3, 0.4) is 0 Å². The van der Waals surface area contributed by atoms with Gasteiger partial charge >= 0.3 is 0 Å². The van der Waals surface area contributed by atoms with E-state index in [1.165, 1.54) is 0 Å². The van der Waals surface area contributed by atoms with Crippen LogP contribution in [0.4, 0.5) is 0 Å². The highest BCUT2D eigenvalue weighted by Gasteiger charge is 2.24. The molecule has 1 unspecified atom stereocenters. The van der Waals surface area contributed by atoms with Crippen LogP contribution >= 0.6 is 0 Å². The van der Waals surface area contributed by atoms with Gasteiger partial charge in [-0.1, -0.05) is 60.7 Å². The van der Waals surface area contributed by atoms with Crippen molar-refractivity contribution in [2.75, 3.05) is 0 Å². The summed E-state index contributed by atoms with van der Waals surface area (Å²) < 4.78 is 0. The van der Waals surface area contributed by atoms with Gasteiger partial charge in [0.15, 0.2) is 0 Å². The van der Waals surface area contributed by atoms with Gasteiger partial charge in [-0.15, -0.1) is 0 Å². The zero-order valence-corrected chi connectivity index (χ0v) is 12.1. The molecule has 0 aliphatic rings. The third-order valence-electron chi connectivity index (χ3n) is 3.20. The SMILES string of the molecule is NC(=O)C(Cc1ccccc1)C(=O)NOCc1ccccc1. The summed E-state index contributed by atoms with van der Waals surface area (Å²) in [5, 5.41) is 0. The first kappa shape index (κ1) is 15.7. The lowest BCUT2D eigenvalue weighted by Crippen LogP contribution is -2.40. The third kappa shape index (κ3) is 4.71. The maximum Gasteiger partial charge on any atom is 0.256 e. The zero-order chi connectivity index (χ0) is 15.8. The predicted octanol–water partition coefficient (Wildman–Crippen LogP) is 1.58. The number of rotatable bonds is 7. The van der Waals surface area contributed by atoms with Gasteiger partial charge in [0.25, 0.3) is 5.91 Å². The number of primary amides is 1. The van der Waals surface area contributed by atoms with Gasteiger partial charge in [0.1, 0.15) is 5.92 Å². The number of hydroxylamine groups is 1. The maximum atomic E-state index is 12.0. The van der Waals surface area contributed by atoms with E-state index in [2.05, 4.69) is 5.48 Å². The topological polar surface area (TPSA) is 81.4 Å². The van der Waals surface area contributed by atoms with Crippen LogP contribution in [-0.4, -0.2) is 11.8 Å². The van der Waals surface area contributed by atoms with Crippen LogP contribution in [0.15, 0.2) is 60.7 Å². The number of nitrogens with two attached hydrogens (primary N) is 1. The van der Waals surface area contributed by atoms with Crippen molar-refractivity contribution < 1.29 is 14.4 Å². The summed E-state index contributed by atoms with van der Waals surface area (Å²) in [6, 6.07) is 18.6. The molecule has 2 aromatic rings. The Morgan fingerprint density at radius 3 is 2.05 bits per heavy atom. The first-order valence-corrected chi connectivity index (χ1v) is 6.95. The fourth-order valence-corrected chi connectivity index (χ4v) is 2.01. The van der Waals surface area contributed by atoms with Gasteiger partial charge in [0.2, 0.25) is 5.91 Å². The number of nitrogens with one attached hydrogen (secondary N) is 1. The maximum absolute atomic E-state index is 12.0. The number of amides is 2. The fraction of sp³-hybridized carbons (Fsp3) is 0.176. The highest BCUT2D eigenvalue weighted by atomic mass is 16.6. The van der Waals surface area contributed by atoms with Crippen molar-refractivity contribution in [2.45, 2.75) is 13.0 Å². The second-order valence-corrected chi connectivity index (χ2v) is 4.89. The summed E-state index contributed by atoms with van der Waals surface area (Å²) in [7, 11) is 0. The fourth-order valence-electron chi connectivity index (χ4n) is 2.01. The molecule has 0 aliphatic heterocycles. The molecule has 0 saturated heterocycles. The standard InChI is InChI=1S/C17H18N2O3/c18-16(20)15(11-13-7-3-1-4-8-13)17(21)19-22-12-14-9-5-2-6-10-14/h1-10,15H,11-12H2,(H2,18,20)(H,19,21).